The van der Waals surface area contributed by atoms with Crippen molar-refractivity contribution in [2.45, 2.75) is 26.3 Å². The van der Waals surface area contributed by atoms with Crippen LogP contribution in [0.4, 0.5) is 0 Å². The van der Waals surface area contributed by atoms with Gasteiger partial charge in [-0.15, -0.1) is 11.3 Å². The van der Waals surface area contributed by atoms with Gasteiger partial charge in [0.2, 0.25) is 5.43 Å². The minimum absolute atomic E-state index is 0.0777. The third-order valence-electron chi connectivity index (χ3n) is 4.93. The summed E-state index contributed by atoms with van der Waals surface area (Å²) in [5, 5.41) is 6.94. The van der Waals surface area contributed by atoms with E-state index in [1.54, 1.807) is 33.9 Å². The summed E-state index contributed by atoms with van der Waals surface area (Å²) in [4.78, 5) is 28.7. The Morgan fingerprint density at radius 3 is 2.85 bits per heavy atom. The second-order valence-corrected chi connectivity index (χ2v) is 7.99. The van der Waals surface area contributed by atoms with Gasteiger partial charge in [-0.25, -0.2) is 4.68 Å². The predicted octanol–water partition coefficient (Wildman–Crippen LogP) is 4.02. The Labute approximate surface area is 165 Å². The number of halogens is 1. The van der Waals surface area contributed by atoms with Crippen molar-refractivity contribution in [2.75, 3.05) is 6.54 Å². The molecule has 1 aliphatic heterocycles. The Kier molecular flexibility index (Phi) is 4.61. The summed E-state index contributed by atoms with van der Waals surface area (Å²) in [7, 11) is 0. The first kappa shape index (κ1) is 17.9. The van der Waals surface area contributed by atoms with Crippen LogP contribution in [0.1, 0.15) is 39.6 Å². The number of aryl methyl sites for hydroxylation is 1. The number of rotatable bonds is 2. The lowest BCUT2D eigenvalue weighted by molar-refractivity contribution is 0.0669. The molecule has 0 radical (unpaired) electrons. The number of hydrogen-bond donors (Lipinski definition) is 0. The number of carbonyl (C=O) groups is 1. The summed E-state index contributed by atoms with van der Waals surface area (Å²) in [6, 6.07) is 10.6. The minimum atomic E-state index is -0.371. The summed E-state index contributed by atoms with van der Waals surface area (Å²) < 4.78 is 1.56. The Hall–Kier alpha value is -2.44. The van der Waals surface area contributed by atoms with E-state index in [0.29, 0.717) is 22.9 Å². The number of aromatic nitrogens is 2. The van der Waals surface area contributed by atoms with Crippen LogP contribution < -0.4 is 5.43 Å². The molecule has 3 heterocycles. The zero-order chi connectivity index (χ0) is 19.1. The molecule has 138 valence electrons. The minimum Gasteiger partial charge on any atom is -0.330 e. The molecule has 27 heavy (non-hydrogen) atoms. The molecule has 0 N–H and O–H groups in total. The largest absolute Gasteiger partial charge is 0.330 e. The highest BCUT2D eigenvalue weighted by molar-refractivity contribution is 7.10. The van der Waals surface area contributed by atoms with Gasteiger partial charge in [-0.1, -0.05) is 23.7 Å². The van der Waals surface area contributed by atoms with E-state index in [4.69, 9.17) is 11.6 Å². The number of nitrogens with zero attached hydrogens (tertiary/aromatic N) is 3. The Bertz CT molecular complexity index is 1090. The van der Waals surface area contributed by atoms with E-state index < -0.39 is 0 Å². The van der Waals surface area contributed by atoms with Crippen molar-refractivity contribution >= 4 is 28.8 Å². The zero-order valence-corrected chi connectivity index (χ0v) is 16.5. The van der Waals surface area contributed by atoms with Crippen molar-refractivity contribution in [1.29, 1.82) is 0 Å². The van der Waals surface area contributed by atoms with Crippen LogP contribution in [0.15, 0.2) is 46.6 Å². The van der Waals surface area contributed by atoms with Gasteiger partial charge in [0.1, 0.15) is 0 Å². The highest BCUT2D eigenvalue weighted by Gasteiger charge is 2.31. The third-order valence-corrected chi connectivity index (χ3v) is 6.24. The second kappa shape index (κ2) is 6.94. The number of thiophene rings is 1. The van der Waals surface area contributed by atoms with Crippen molar-refractivity contribution in [3.63, 3.8) is 0 Å². The van der Waals surface area contributed by atoms with Crippen LogP contribution in [0.2, 0.25) is 5.02 Å². The van der Waals surface area contributed by atoms with Crippen molar-refractivity contribution in [2.24, 2.45) is 0 Å². The molecule has 0 fully saturated rings. The van der Waals surface area contributed by atoms with Crippen molar-refractivity contribution < 1.29 is 4.79 Å². The molecule has 3 aromatic rings. The van der Waals surface area contributed by atoms with E-state index in [1.807, 2.05) is 30.5 Å². The molecule has 1 atom stereocenters. The first-order valence-electron chi connectivity index (χ1n) is 8.70. The summed E-state index contributed by atoms with van der Waals surface area (Å²) in [6.45, 7) is 4.34. The van der Waals surface area contributed by atoms with Gasteiger partial charge in [-0.05, 0) is 49.4 Å². The first-order chi connectivity index (χ1) is 13.0. The molecular formula is C20H18ClN3O2S. The molecule has 1 unspecified atom stereocenters. The van der Waals surface area contributed by atoms with Crippen LogP contribution in [0, 0.1) is 6.92 Å². The lowest BCUT2D eigenvalue weighted by Gasteiger charge is -2.33. The average molecular weight is 400 g/mol. The fourth-order valence-electron chi connectivity index (χ4n) is 3.49. The predicted molar refractivity (Wildman–Crippen MR) is 107 cm³/mol. The van der Waals surface area contributed by atoms with Crippen molar-refractivity contribution in [1.82, 2.24) is 14.7 Å². The van der Waals surface area contributed by atoms with Gasteiger partial charge in [0.25, 0.3) is 5.91 Å². The Morgan fingerprint density at radius 1 is 1.30 bits per heavy atom. The fourth-order valence-corrected chi connectivity index (χ4v) is 4.66. The van der Waals surface area contributed by atoms with Crippen LogP contribution in [0.3, 0.4) is 0 Å². The molecule has 0 spiro atoms. The number of amides is 1. The zero-order valence-electron chi connectivity index (χ0n) is 15.0. The van der Waals surface area contributed by atoms with Crippen LogP contribution in [-0.4, -0.2) is 27.1 Å². The third kappa shape index (κ3) is 3.09. The highest BCUT2D eigenvalue weighted by Crippen LogP contribution is 2.33. The standard InChI is InChI=1S/C20H18ClN3O2S/c1-12-11-17(25)19(22-24(12)16-6-4-3-5-15(16)21)20(26)23-9-7-18-14(13(23)2)8-10-27-18/h3-6,8,10-11,13H,7,9H2,1-2H3. The van der Waals surface area contributed by atoms with Gasteiger partial charge in [-0.2, -0.15) is 5.10 Å². The SMILES string of the molecule is Cc1cc(=O)c(C(=O)N2CCc3sccc3C2C)nn1-c1ccccc1Cl. The summed E-state index contributed by atoms with van der Waals surface area (Å²) in [5.41, 5.74) is 1.96. The summed E-state index contributed by atoms with van der Waals surface area (Å²) >= 11 is 8.00. The maximum atomic E-state index is 13.2. The molecule has 4 rings (SSSR count). The number of fused-ring (bicyclic) bond motifs is 1. The number of para-hydroxylation sites is 1. The maximum absolute atomic E-state index is 13.2. The van der Waals surface area contributed by atoms with E-state index in [1.165, 1.54) is 10.9 Å². The van der Waals surface area contributed by atoms with E-state index in [-0.39, 0.29) is 23.1 Å². The Balaban J connectivity index is 1.76. The van der Waals surface area contributed by atoms with Crippen LogP contribution in [0.5, 0.6) is 0 Å². The second-order valence-electron chi connectivity index (χ2n) is 6.59. The number of hydrogen-bond acceptors (Lipinski definition) is 4. The molecule has 0 bridgehead atoms. The lowest BCUT2D eigenvalue weighted by Crippen LogP contribution is -2.41. The summed E-state index contributed by atoms with van der Waals surface area (Å²) in [5.74, 6) is -0.342. The molecule has 2 aromatic heterocycles. The van der Waals surface area contributed by atoms with Crippen molar-refractivity contribution in [3.8, 4) is 5.69 Å². The average Bonchev–Trinajstić information content (AvgIpc) is 3.12. The number of carbonyl (C=O) groups excluding carboxylic acids is 1. The number of benzene rings is 1. The van der Waals surface area contributed by atoms with Crippen LogP contribution in [0.25, 0.3) is 5.69 Å². The molecular weight excluding hydrogens is 382 g/mol. The fraction of sp³-hybridized carbons (Fsp3) is 0.250. The maximum Gasteiger partial charge on any atom is 0.278 e. The van der Waals surface area contributed by atoms with E-state index in [9.17, 15) is 9.59 Å². The van der Waals surface area contributed by atoms with Gasteiger partial charge in [0.15, 0.2) is 5.69 Å². The van der Waals surface area contributed by atoms with Gasteiger partial charge < -0.3 is 4.90 Å². The molecule has 0 saturated heterocycles. The van der Waals surface area contributed by atoms with Crippen LogP contribution in [-0.2, 0) is 6.42 Å². The topological polar surface area (TPSA) is 55.2 Å². The first-order valence-corrected chi connectivity index (χ1v) is 9.96. The molecule has 1 aliphatic rings. The van der Waals surface area contributed by atoms with Gasteiger partial charge in [-0.3, -0.25) is 9.59 Å². The molecule has 1 amide bonds. The molecule has 7 heteroatoms. The van der Waals surface area contributed by atoms with Crippen LogP contribution >= 0.6 is 22.9 Å². The quantitative estimate of drug-likeness (QED) is 0.654. The van der Waals surface area contributed by atoms with Crippen molar-refractivity contribution in [3.05, 3.63) is 78.9 Å². The molecule has 5 nitrogen and oxygen atoms in total. The monoisotopic (exact) mass is 399 g/mol. The molecule has 0 saturated carbocycles. The lowest BCUT2D eigenvalue weighted by atomic mass is 10.0. The highest BCUT2D eigenvalue weighted by atomic mass is 35.5. The Morgan fingerprint density at radius 2 is 2.07 bits per heavy atom. The van der Waals surface area contributed by atoms with E-state index in [2.05, 4.69) is 11.2 Å². The van der Waals surface area contributed by atoms with Gasteiger partial charge in [0.05, 0.1) is 16.8 Å². The van der Waals surface area contributed by atoms with E-state index in [0.717, 1.165) is 12.0 Å². The smallest absolute Gasteiger partial charge is 0.278 e. The van der Waals surface area contributed by atoms with E-state index >= 15 is 0 Å². The normalized spacial score (nSPS) is 16.3. The summed E-state index contributed by atoms with van der Waals surface area (Å²) in [6.07, 6.45) is 0.799. The molecule has 1 aromatic carbocycles. The molecule has 0 aliphatic carbocycles. The van der Waals surface area contributed by atoms with Gasteiger partial charge >= 0.3 is 0 Å². The van der Waals surface area contributed by atoms with Gasteiger partial charge in [0, 0.05) is 23.2 Å².